The summed E-state index contributed by atoms with van der Waals surface area (Å²) in [5.41, 5.74) is 2.14. The Balaban J connectivity index is 1.60. The minimum Gasteiger partial charge on any atom is -0.491 e. The Morgan fingerprint density at radius 2 is 1.84 bits per heavy atom. The van der Waals surface area contributed by atoms with E-state index in [-0.39, 0.29) is 30.0 Å². The Hall–Kier alpha value is -2.39. The SMILES string of the molecule is Cc1ccc(S(=O)(=O)N(CC(=O)N2CCc3sccc3[C@@H]2COc2ccc(Cl)c(C)c2)C(C)(C)C)cc1. The Morgan fingerprint density at radius 1 is 1.14 bits per heavy atom. The third kappa shape index (κ3) is 6.03. The van der Waals surface area contributed by atoms with Gasteiger partial charge in [-0.2, -0.15) is 4.31 Å². The summed E-state index contributed by atoms with van der Waals surface area (Å²) in [6, 6.07) is 13.9. The first-order chi connectivity index (χ1) is 17.4. The highest BCUT2D eigenvalue weighted by Crippen LogP contribution is 2.35. The largest absolute Gasteiger partial charge is 0.491 e. The number of thiophene rings is 1. The number of carbonyl (C=O) groups is 1. The van der Waals surface area contributed by atoms with Crippen LogP contribution in [-0.2, 0) is 21.2 Å². The molecule has 0 fully saturated rings. The number of ether oxygens (including phenoxy) is 1. The maximum absolute atomic E-state index is 13.8. The van der Waals surface area contributed by atoms with Crippen molar-refractivity contribution in [2.75, 3.05) is 19.7 Å². The molecule has 0 saturated heterocycles. The lowest BCUT2D eigenvalue weighted by molar-refractivity contribution is -0.135. The van der Waals surface area contributed by atoms with E-state index in [1.54, 1.807) is 46.6 Å². The van der Waals surface area contributed by atoms with Crippen LogP contribution in [0.25, 0.3) is 0 Å². The molecule has 37 heavy (non-hydrogen) atoms. The number of sulfonamides is 1. The molecule has 0 aliphatic carbocycles. The third-order valence-electron chi connectivity index (χ3n) is 6.59. The van der Waals surface area contributed by atoms with Gasteiger partial charge in [0.2, 0.25) is 15.9 Å². The molecule has 198 valence electrons. The van der Waals surface area contributed by atoms with Gasteiger partial charge >= 0.3 is 0 Å². The van der Waals surface area contributed by atoms with Crippen molar-refractivity contribution in [2.45, 2.75) is 57.5 Å². The Bertz CT molecular complexity index is 1380. The number of rotatable bonds is 7. The number of carbonyl (C=O) groups excluding carboxylic acids is 1. The van der Waals surface area contributed by atoms with Crippen molar-refractivity contribution in [1.82, 2.24) is 9.21 Å². The van der Waals surface area contributed by atoms with E-state index in [4.69, 9.17) is 16.3 Å². The second-order valence-electron chi connectivity index (χ2n) is 10.4. The summed E-state index contributed by atoms with van der Waals surface area (Å²) in [5, 5.41) is 2.69. The van der Waals surface area contributed by atoms with E-state index in [0.717, 1.165) is 23.1 Å². The van der Waals surface area contributed by atoms with Crippen molar-refractivity contribution < 1.29 is 17.9 Å². The standard InChI is InChI=1S/C28H33ClN2O4S2/c1-19-6-9-22(10-7-19)37(33,34)31(28(3,4)5)17-27(32)30-14-12-26-23(13-15-36-26)25(30)18-35-21-8-11-24(29)20(2)16-21/h6-11,13,15-16,25H,12,14,17-18H2,1-5H3/t25-/m0/s1. The van der Waals surface area contributed by atoms with E-state index < -0.39 is 15.6 Å². The summed E-state index contributed by atoms with van der Waals surface area (Å²) >= 11 is 7.83. The molecule has 0 saturated carbocycles. The molecule has 1 atom stereocenters. The van der Waals surface area contributed by atoms with E-state index in [9.17, 15) is 13.2 Å². The zero-order valence-corrected chi connectivity index (χ0v) is 24.2. The lowest BCUT2D eigenvalue weighted by atomic mass is 10.00. The highest BCUT2D eigenvalue weighted by Gasteiger charge is 2.39. The number of amides is 1. The minimum absolute atomic E-state index is 0.178. The zero-order valence-electron chi connectivity index (χ0n) is 21.8. The molecular formula is C28H33ClN2O4S2. The van der Waals surface area contributed by atoms with Crippen LogP contribution in [-0.4, -0.2) is 48.8 Å². The maximum Gasteiger partial charge on any atom is 0.244 e. The second-order valence-corrected chi connectivity index (χ2v) is 13.6. The number of nitrogens with zero attached hydrogens (tertiary/aromatic N) is 2. The molecule has 0 bridgehead atoms. The van der Waals surface area contributed by atoms with Gasteiger partial charge in [-0.15, -0.1) is 11.3 Å². The van der Waals surface area contributed by atoms with Crippen molar-refractivity contribution in [3.8, 4) is 5.75 Å². The predicted octanol–water partition coefficient (Wildman–Crippen LogP) is 6.01. The van der Waals surface area contributed by atoms with Crippen LogP contribution in [0.4, 0.5) is 0 Å². The molecular weight excluding hydrogens is 528 g/mol. The van der Waals surface area contributed by atoms with Gasteiger partial charge in [-0.3, -0.25) is 4.79 Å². The first kappa shape index (κ1) is 27.6. The fraction of sp³-hybridized carbons (Fsp3) is 0.393. The summed E-state index contributed by atoms with van der Waals surface area (Å²) in [6.07, 6.45) is 0.732. The van der Waals surface area contributed by atoms with Gasteiger partial charge in [0.15, 0.2) is 0 Å². The van der Waals surface area contributed by atoms with Crippen LogP contribution >= 0.6 is 22.9 Å². The average molecular weight is 561 g/mol. The maximum atomic E-state index is 13.8. The molecule has 0 unspecified atom stereocenters. The van der Waals surface area contributed by atoms with Crippen LogP contribution in [0.5, 0.6) is 5.75 Å². The van der Waals surface area contributed by atoms with Crippen LogP contribution < -0.4 is 4.74 Å². The van der Waals surface area contributed by atoms with Crippen LogP contribution in [0.2, 0.25) is 5.02 Å². The number of aryl methyl sites for hydroxylation is 2. The van der Waals surface area contributed by atoms with Crippen molar-refractivity contribution in [2.24, 2.45) is 0 Å². The van der Waals surface area contributed by atoms with Crippen LogP contribution in [0, 0.1) is 13.8 Å². The molecule has 9 heteroatoms. The molecule has 3 aromatic rings. The number of fused-ring (bicyclic) bond motifs is 1. The Kier molecular flexibility index (Phi) is 8.04. The van der Waals surface area contributed by atoms with Crippen molar-refractivity contribution in [3.05, 3.63) is 80.5 Å². The minimum atomic E-state index is -3.90. The molecule has 1 amide bonds. The molecule has 0 radical (unpaired) electrons. The molecule has 0 N–H and O–H groups in total. The molecule has 0 spiro atoms. The number of benzene rings is 2. The molecule has 1 aromatic heterocycles. The summed E-state index contributed by atoms with van der Waals surface area (Å²) in [6.45, 7) is 9.76. The van der Waals surface area contributed by atoms with Crippen LogP contribution in [0.15, 0.2) is 58.8 Å². The van der Waals surface area contributed by atoms with Gasteiger partial charge in [-0.25, -0.2) is 8.42 Å². The molecule has 6 nitrogen and oxygen atoms in total. The monoisotopic (exact) mass is 560 g/mol. The van der Waals surface area contributed by atoms with E-state index in [1.807, 2.05) is 58.2 Å². The first-order valence-corrected chi connectivity index (χ1v) is 14.9. The molecule has 1 aliphatic heterocycles. The number of halogens is 1. The van der Waals surface area contributed by atoms with Crippen LogP contribution in [0.1, 0.15) is 48.4 Å². The first-order valence-electron chi connectivity index (χ1n) is 12.2. The number of hydrogen-bond donors (Lipinski definition) is 0. The molecule has 2 aromatic carbocycles. The second kappa shape index (κ2) is 10.8. The van der Waals surface area contributed by atoms with Gasteiger partial charge in [0.05, 0.1) is 17.5 Å². The van der Waals surface area contributed by atoms with Gasteiger partial charge in [0.1, 0.15) is 12.4 Å². The topological polar surface area (TPSA) is 66.9 Å². The summed E-state index contributed by atoms with van der Waals surface area (Å²) < 4.78 is 34.7. The smallest absolute Gasteiger partial charge is 0.244 e. The van der Waals surface area contributed by atoms with Gasteiger partial charge in [0.25, 0.3) is 0 Å². The average Bonchev–Trinajstić information content (AvgIpc) is 3.31. The van der Waals surface area contributed by atoms with Crippen LogP contribution in [0.3, 0.4) is 0 Å². The van der Waals surface area contributed by atoms with Gasteiger partial charge in [-0.1, -0.05) is 29.3 Å². The highest BCUT2D eigenvalue weighted by atomic mass is 35.5. The normalized spacial score (nSPS) is 16.1. The van der Waals surface area contributed by atoms with E-state index in [2.05, 4.69) is 0 Å². The fourth-order valence-electron chi connectivity index (χ4n) is 4.49. The molecule has 4 rings (SSSR count). The Morgan fingerprint density at radius 3 is 2.49 bits per heavy atom. The molecule has 2 heterocycles. The summed E-state index contributed by atoms with van der Waals surface area (Å²) in [4.78, 5) is 17.0. The zero-order chi connectivity index (χ0) is 27.0. The summed E-state index contributed by atoms with van der Waals surface area (Å²) in [5.74, 6) is 0.429. The fourth-order valence-corrected chi connectivity index (χ4v) is 7.27. The highest BCUT2D eigenvalue weighted by molar-refractivity contribution is 7.89. The molecule has 1 aliphatic rings. The van der Waals surface area contributed by atoms with Crippen molar-refractivity contribution >= 4 is 38.9 Å². The predicted molar refractivity (Wildman–Crippen MR) is 149 cm³/mol. The number of hydrogen-bond acceptors (Lipinski definition) is 5. The van der Waals surface area contributed by atoms with E-state index in [0.29, 0.717) is 17.3 Å². The lowest BCUT2D eigenvalue weighted by Gasteiger charge is -2.39. The van der Waals surface area contributed by atoms with E-state index in [1.165, 1.54) is 9.18 Å². The lowest BCUT2D eigenvalue weighted by Crippen LogP contribution is -2.52. The van der Waals surface area contributed by atoms with E-state index >= 15 is 0 Å². The summed E-state index contributed by atoms with van der Waals surface area (Å²) in [7, 11) is -3.90. The Labute approximate surface area is 228 Å². The van der Waals surface area contributed by atoms with Gasteiger partial charge in [0, 0.05) is 22.0 Å². The van der Waals surface area contributed by atoms with Crippen molar-refractivity contribution in [3.63, 3.8) is 0 Å². The van der Waals surface area contributed by atoms with Gasteiger partial charge < -0.3 is 9.64 Å². The van der Waals surface area contributed by atoms with Crippen molar-refractivity contribution in [1.29, 1.82) is 0 Å². The van der Waals surface area contributed by atoms with Gasteiger partial charge in [-0.05, 0) is 93.9 Å². The third-order valence-corrected chi connectivity index (χ3v) is 10.1. The quantitative estimate of drug-likeness (QED) is 0.355.